The number of carbonyl (C=O) groups excluding carboxylic acids is 2. The topological polar surface area (TPSA) is 80.6 Å². The summed E-state index contributed by atoms with van der Waals surface area (Å²) < 4.78 is 11.1. The van der Waals surface area contributed by atoms with Gasteiger partial charge in [0.05, 0.1) is 6.26 Å². The predicted octanol–water partition coefficient (Wildman–Crippen LogP) is 4.00. The number of amides is 2. The van der Waals surface area contributed by atoms with E-state index in [1.165, 1.54) is 6.26 Å². The Morgan fingerprint density at radius 2 is 1.96 bits per heavy atom. The third-order valence-corrected chi connectivity index (χ3v) is 4.35. The van der Waals surface area contributed by atoms with Gasteiger partial charge in [0.15, 0.2) is 5.76 Å². The molecule has 0 saturated heterocycles. The molecule has 0 atom stereocenters. The number of rotatable bonds is 5. The van der Waals surface area contributed by atoms with Gasteiger partial charge in [-0.2, -0.15) is 0 Å². The van der Waals surface area contributed by atoms with Crippen LogP contribution in [0, 0.1) is 0 Å². The zero-order valence-corrected chi connectivity index (χ0v) is 14.5. The summed E-state index contributed by atoms with van der Waals surface area (Å²) in [6.45, 7) is 0.236. The molecule has 2 amide bonds. The first-order chi connectivity index (χ1) is 13.2. The van der Waals surface area contributed by atoms with E-state index in [1.807, 2.05) is 36.4 Å². The number of benzene rings is 2. The van der Waals surface area contributed by atoms with Gasteiger partial charge in [0.1, 0.15) is 12.4 Å². The summed E-state index contributed by atoms with van der Waals surface area (Å²) in [6.07, 6.45) is 2.58. The molecule has 2 heterocycles. The largest absolute Gasteiger partial charge is 0.489 e. The SMILES string of the molecule is O=C1CCc2cc(NC(=O)c3occc3COc3ccccc3)ccc2N1. The zero-order valence-electron chi connectivity index (χ0n) is 14.5. The highest BCUT2D eigenvalue weighted by Crippen LogP contribution is 2.26. The predicted molar refractivity (Wildman–Crippen MR) is 101 cm³/mol. The molecule has 1 aromatic heterocycles. The second-order valence-electron chi connectivity index (χ2n) is 6.25. The summed E-state index contributed by atoms with van der Waals surface area (Å²) in [6, 6.07) is 16.5. The fourth-order valence-corrected chi connectivity index (χ4v) is 2.98. The van der Waals surface area contributed by atoms with Crippen LogP contribution >= 0.6 is 0 Å². The molecule has 0 fully saturated rings. The quantitative estimate of drug-likeness (QED) is 0.719. The number of furan rings is 1. The third-order valence-electron chi connectivity index (χ3n) is 4.35. The molecule has 6 heteroatoms. The lowest BCUT2D eigenvalue weighted by atomic mass is 10.0. The third kappa shape index (κ3) is 3.84. The highest BCUT2D eigenvalue weighted by atomic mass is 16.5. The van der Waals surface area contributed by atoms with Crippen molar-refractivity contribution in [2.45, 2.75) is 19.4 Å². The molecule has 0 spiro atoms. The van der Waals surface area contributed by atoms with E-state index in [-0.39, 0.29) is 24.2 Å². The van der Waals surface area contributed by atoms with Gasteiger partial charge in [-0.3, -0.25) is 9.59 Å². The van der Waals surface area contributed by atoms with Crippen molar-refractivity contribution in [1.82, 2.24) is 0 Å². The van der Waals surface area contributed by atoms with Crippen molar-refractivity contribution >= 4 is 23.2 Å². The lowest BCUT2D eigenvalue weighted by Gasteiger charge is -2.17. The van der Waals surface area contributed by atoms with Crippen molar-refractivity contribution in [1.29, 1.82) is 0 Å². The van der Waals surface area contributed by atoms with E-state index in [1.54, 1.807) is 18.2 Å². The molecule has 1 aliphatic rings. The van der Waals surface area contributed by atoms with Gasteiger partial charge in [0, 0.05) is 23.4 Å². The number of hydrogen-bond donors (Lipinski definition) is 2. The molecule has 2 N–H and O–H groups in total. The summed E-state index contributed by atoms with van der Waals surface area (Å²) in [5, 5.41) is 5.67. The number of para-hydroxylation sites is 1. The second kappa shape index (κ2) is 7.37. The number of anilines is 2. The van der Waals surface area contributed by atoms with Crippen LogP contribution in [-0.2, 0) is 17.8 Å². The first-order valence-electron chi connectivity index (χ1n) is 8.67. The van der Waals surface area contributed by atoms with Gasteiger partial charge in [-0.15, -0.1) is 0 Å². The van der Waals surface area contributed by atoms with Crippen molar-refractivity contribution in [3.8, 4) is 5.75 Å². The molecule has 27 heavy (non-hydrogen) atoms. The van der Waals surface area contributed by atoms with Crippen molar-refractivity contribution < 1.29 is 18.7 Å². The molecule has 0 unspecified atom stereocenters. The smallest absolute Gasteiger partial charge is 0.291 e. The Kier molecular flexibility index (Phi) is 4.61. The number of ether oxygens (including phenoxy) is 1. The molecule has 6 nitrogen and oxygen atoms in total. The molecule has 3 aromatic rings. The van der Waals surface area contributed by atoms with Crippen LogP contribution in [0.1, 0.15) is 28.1 Å². The van der Waals surface area contributed by atoms with Crippen LogP contribution in [0.3, 0.4) is 0 Å². The second-order valence-corrected chi connectivity index (χ2v) is 6.25. The first-order valence-corrected chi connectivity index (χ1v) is 8.67. The van der Waals surface area contributed by atoms with Gasteiger partial charge < -0.3 is 19.8 Å². The molecule has 136 valence electrons. The molecular weight excluding hydrogens is 344 g/mol. The lowest BCUT2D eigenvalue weighted by molar-refractivity contribution is -0.116. The average molecular weight is 362 g/mol. The summed E-state index contributed by atoms with van der Waals surface area (Å²) in [5.74, 6) is 0.614. The van der Waals surface area contributed by atoms with Crippen molar-refractivity contribution in [3.05, 3.63) is 77.7 Å². The number of hydrogen-bond acceptors (Lipinski definition) is 4. The fourth-order valence-electron chi connectivity index (χ4n) is 2.98. The van der Waals surface area contributed by atoms with Gasteiger partial charge in [0.25, 0.3) is 5.91 Å². The Hall–Kier alpha value is -3.54. The van der Waals surface area contributed by atoms with Gasteiger partial charge in [-0.1, -0.05) is 18.2 Å². The van der Waals surface area contributed by atoms with E-state index < -0.39 is 0 Å². The Morgan fingerprint density at radius 1 is 1.11 bits per heavy atom. The van der Waals surface area contributed by atoms with Gasteiger partial charge in [-0.05, 0) is 48.4 Å². The fraction of sp³-hybridized carbons (Fsp3) is 0.143. The standard InChI is InChI=1S/C21H18N2O4/c24-19-9-6-14-12-16(7-8-18(14)23-19)22-21(25)20-15(10-11-26-20)13-27-17-4-2-1-3-5-17/h1-5,7-8,10-12H,6,9,13H2,(H,22,25)(H,23,24). The van der Waals surface area contributed by atoms with Crippen LogP contribution in [0.5, 0.6) is 5.75 Å². The molecular formula is C21H18N2O4. The maximum Gasteiger partial charge on any atom is 0.291 e. The van der Waals surface area contributed by atoms with Gasteiger partial charge >= 0.3 is 0 Å². The van der Waals surface area contributed by atoms with E-state index in [9.17, 15) is 9.59 Å². The summed E-state index contributed by atoms with van der Waals surface area (Å²) in [4.78, 5) is 24.0. The van der Waals surface area contributed by atoms with E-state index in [0.717, 1.165) is 17.0 Å². The van der Waals surface area contributed by atoms with Gasteiger partial charge in [-0.25, -0.2) is 0 Å². The normalized spacial score (nSPS) is 12.8. The Bertz CT molecular complexity index is 979. The molecule has 0 saturated carbocycles. The Morgan fingerprint density at radius 3 is 2.81 bits per heavy atom. The van der Waals surface area contributed by atoms with Crippen molar-refractivity contribution in [3.63, 3.8) is 0 Å². The maximum atomic E-state index is 12.6. The molecule has 0 radical (unpaired) electrons. The molecule has 0 aliphatic carbocycles. The van der Waals surface area contributed by atoms with E-state index >= 15 is 0 Å². The molecule has 2 aromatic carbocycles. The van der Waals surface area contributed by atoms with Crippen LogP contribution in [0.2, 0.25) is 0 Å². The van der Waals surface area contributed by atoms with Crippen LogP contribution in [0.15, 0.2) is 65.3 Å². The zero-order chi connectivity index (χ0) is 18.6. The molecule has 0 bridgehead atoms. The lowest BCUT2D eigenvalue weighted by Crippen LogP contribution is -2.19. The maximum absolute atomic E-state index is 12.6. The van der Waals surface area contributed by atoms with Crippen LogP contribution in [0.25, 0.3) is 0 Å². The highest BCUT2D eigenvalue weighted by molar-refractivity contribution is 6.03. The van der Waals surface area contributed by atoms with Gasteiger partial charge in [0.2, 0.25) is 5.91 Å². The van der Waals surface area contributed by atoms with Crippen molar-refractivity contribution in [2.75, 3.05) is 10.6 Å². The Labute approximate surface area is 156 Å². The summed E-state index contributed by atoms with van der Waals surface area (Å²) in [5.41, 5.74) is 3.11. The van der Waals surface area contributed by atoms with Crippen LogP contribution < -0.4 is 15.4 Å². The monoisotopic (exact) mass is 362 g/mol. The van der Waals surface area contributed by atoms with E-state index in [0.29, 0.717) is 24.1 Å². The van der Waals surface area contributed by atoms with Crippen LogP contribution in [-0.4, -0.2) is 11.8 Å². The average Bonchev–Trinajstić information content (AvgIpc) is 3.16. The minimum absolute atomic E-state index is 0.0120. The number of nitrogens with one attached hydrogen (secondary N) is 2. The number of fused-ring (bicyclic) bond motifs is 1. The Balaban J connectivity index is 1.45. The number of aryl methyl sites for hydroxylation is 1. The summed E-state index contributed by atoms with van der Waals surface area (Å²) >= 11 is 0. The number of carbonyl (C=O) groups is 2. The first kappa shape index (κ1) is 16.9. The molecule has 4 rings (SSSR count). The summed E-state index contributed by atoms with van der Waals surface area (Å²) in [7, 11) is 0. The highest BCUT2D eigenvalue weighted by Gasteiger charge is 2.18. The van der Waals surface area contributed by atoms with Crippen molar-refractivity contribution in [2.24, 2.45) is 0 Å². The molecule has 1 aliphatic heterocycles. The van der Waals surface area contributed by atoms with Crippen LogP contribution in [0.4, 0.5) is 11.4 Å². The minimum atomic E-state index is -0.341. The van der Waals surface area contributed by atoms with E-state index in [4.69, 9.17) is 9.15 Å². The van der Waals surface area contributed by atoms with E-state index in [2.05, 4.69) is 10.6 Å². The minimum Gasteiger partial charge on any atom is -0.489 e.